The van der Waals surface area contributed by atoms with E-state index in [2.05, 4.69) is 22.1 Å². The Balaban J connectivity index is 1.72. The zero-order chi connectivity index (χ0) is 17.7. The van der Waals surface area contributed by atoms with E-state index in [1.165, 1.54) is 12.8 Å². The summed E-state index contributed by atoms with van der Waals surface area (Å²) in [5.74, 6) is 0.501. The first-order valence-corrected chi connectivity index (χ1v) is 9.62. The van der Waals surface area contributed by atoms with Crippen LogP contribution in [-0.2, 0) is 0 Å². The first-order valence-electron chi connectivity index (χ1n) is 9.24. The largest absolute Gasteiger partial charge is 0.423 e. The van der Waals surface area contributed by atoms with Gasteiger partial charge in [0.2, 0.25) is 0 Å². The van der Waals surface area contributed by atoms with Crippen LogP contribution in [0.3, 0.4) is 0 Å². The third kappa shape index (κ3) is 2.66. The predicted molar refractivity (Wildman–Crippen MR) is 104 cm³/mol. The number of hydrogen-bond donors (Lipinski definition) is 1. The summed E-state index contributed by atoms with van der Waals surface area (Å²) >= 11 is 6.68. The van der Waals surface area contributed by atoms with Crippen molar-refractivity contribution in [2.45, 2.75) is 31.7 Å². The van der Waals surface area contributed by atoms with Crippen molar-refractivity contribution in [3.05, 3.63) is 41.0 Å². The van der Waals surface area contributed by atoms with Gasteiger partial charge in [0.15, 0.2) is 5.58 Å². The van der Waals surface area contributed by atoms with Crippen molar-refractivity contribution < 1.29 is 4.42 Å². The Kier molecular flexibility index (Phi) is 3.87. The van der Waals surface area contributed by atoms with Gasteiger partial charge >= 0.3 is 0 Å². The number of pyridine rings is 1. The first-order chi connectivity index (χ1) is 12.7. The lowest BCUT2D eigenvalue weighted by molar-refractivity contribution is 0.456. The standard InChI is InChI=1S/C20H21ClN4O/c1-12-11-22-8-9-25(12)20-24-18-17(13-5-6-13)15(21)10-14(19(18)26-20)16-4-2-3-7-23-16/h2-4,7,10,12-13,22H,5-6,8-9,11H2,1H3/t12-/m0/s1. The number of benzene rings is 1. The quantitative estimate of drug-likeness (QED) is 0.750. The molecule has 0 spiro atoms. The molecule has 2 fully saturated rings. The Hall–Kier alpha value is -2.11. The molecule has 3 heterocycles. The van der Waals surface area contributed by atoms with E-state index in [1.54, 1.807) is 6.20 Å². The summed E-state index contributed by atoms with van der Waals surface area (Å²) in [7, 11) is 0. The molecule has 2 aromatic heterocycles. The molecule has 0 amide bonds. The summed E-state index contributed by atoms with van der Waals surface area (Å²) in [4.78, 5) is 11.7. The number of rotatable bonds is 3. The van der Waals surface area contributed by atoms with E-state index >= 15 is 0 Å². The summed E-state index contributed by atoms with van der Waals surface area (Å²) in [6, 6.07) is 8.90. The molecule has 1 aliphatic heterocycles. The fourth-order valence-corrected chi connectivity index (χ4v) is 4.13. The fourth-order valence-electron chi connectivity index (χ4n) is 3.78. The second kappa shape index (κ2) is 6.25. The molecule has 1 saturated carbocycles. The molecule has 26 heavy (non-hydrogen) atoms. The van der Waals surface area contributed by atoms with Crippen LogP contribution in [0.1, 0.15) is 31.2 Å². The van der Waals surface area contributed by atoms with Crippen LogP contribution in [0.25, 0.3) is 22.4 Å². The van der Waals surface area contributed by atoms with Gasteiger partial charge in [-0.3, -0.25) is 4.98 Å². The molecule has 3 aromatic rings. The molecule has 5 rings (SSSR count). The number of nitrogens with one attached hydrogen (secondary N) is 1. The maximum atomic E-state index is 6.68. The Labute approximate surface area is 157 Å². The van der Waals surface area contributed by atoms with E-state index in [1.807, 2.05) is 24.3 Å². The van der Waals surface area contributed by atoms with Gasteiger partial charge in [-0.25, -0.2) is 0 Å². The van der Waals surface area contributed by atoms with Gasteiger partial charge in [-0.15, -0.1) is 0 Å². The maximum absolute atomic E-state index is 6.68. The first kappa shape index (κ1) is 16.1. The van der Waals surface area contributed by atoms with Crippen LogP contribution in [0.4, 0.5) is 6.01 Å². The van der Waals surface area contributed by atoms with Gasteiger partial charge < -0.3 is 14.6 Å². The molecule has 5 nitrogen and oxygen atoms in total. The molecule has 6 heteroatoms. The van der Waals surface area contributed by atoms with Crippen LogP contribution >= 0.6 is 11.6 Å². The Bertz CT molecular complexity index is 951. The van der Waals surface area contributed by atoms with E-state index < -0.39 is 0 Å². The van der Waals surface area contributed by atoms with Gasteiger partial charge in [0.05, 0.1) is 5.69 Å². The number of fused-ring (bicyclic) bond motifs is 1. The highest BCUT2D eigenvalue weighted by Gasteiger charge is 2.32. The number of halogens is 1. The minimum Gasteiger partial charge on any atom is -0.423 e. The number of aromatic nitrogens is 2. The number of piperazine rings is 1. The zero-order valence-corrected chi connectivity index (χ0v) is 15.5. The third-order valence-corrected chi connectivity index (χ3v) is 5.63. The van der Waals surface area contributed by atoms with E-state index in [0.717, 1.165) is 52.6 Å². The number of oxazole rings is 1. The van der Waals surface area contributed by atoms with Crippen molar-refractivity contribution in [1.82, 2.24) is 15.3 Å². The molecular formula is C20H21ClN4O. The predicted octanol–water partition coefficient (Wildman–Crippen LogP) is 4.22. The van der Waals surface area contributed by atoms with Gasteiger partial charge in [-0.1, -0.05) is 17.7 Å². The molecule has 134 valence electrons. The number of hydrogen-bond acceptors (Lipinski definition) is 5. The molecule has 1 aliphatic carbocycles. The lowest BCUT2D eigenvalue weighted by Gasteiger charge is -2.32. The average Bonchev–Trinajstić information content (AvgIpc) is 3.40. The van der Waals surface area contributed by atoms with E-state index in [4.69, 9.17) is 21.0 Å². The molecule has 1 N–H and O–H groups in total. The van der Waals surface area contributed by atoms with Crippen molar-refractivity contribution in [3.63, 3.8) is 0 Å². The summed E-state index contributed by atoms with van der Waals surface area (Å²) < 4.78 is 6.33. The third-order valence-electron chi connectivity index (χ3n) is 5.32. The second-order valence-electron chi connectivity index (χ2n) is 7.23. The normalized spacial score (nSPS) is 20.7. The van der Waals surface area contributed by atoms with Gasteiger partial charge in [-0.2, -0.15) is 4.98 Å². The molecular weight excluding hydrogens is 348 g/mol. The molecule has 1 atom stereocenters. The highest BCUT2D eigenvalue weighted by atomic mass is 35.5. The summed E-state index contributed by atoms with van der Waals surface area (Å²) in [5.41, 5.74) is 4.62. The fraction of sp³-hybridized carbons (Fsp3) is 0.400. The smallest absolute Gasteiger partial charge is 0.298 e. The Morgan fingerprint density at radius 3 is 2.92 bits per heavy atom. The van der Waals surface area contributed by atoms with E-state index in [9.17, 15) is 0 Å². The maximum Gasteiger partial charge on any atom is 0.298 e. The van der Waals surface area contributed by atoms with Gasteiger partial charge in [0.1, 0.15) is 5.52 Å². The summed E-state index contributed by atoms with van der Waals surface area (Å²) in [6.07, 6.45) is 4.13. The number of nitrogens with zero attached hydrogens (tertiary/aromatic N) is 3. The number of anilines is 1. The lowest BCUT2D eigenvalue weighted by atomic mass is 10.0. The van der Waals surface area contributed by atoms with Crippen molar-refractivity contribution in [1.29, 1.82) is 0 Å². The highest BCUT2D eigenvalue weighted by Crippen LogP contribution is 2.48. The minimum atomic E-state index is 0.343. The van der Waals surface area contributed by atoms with Crippen molar-refractivity contribution in [2.24, 2.45) is 0 Å². The van der Waals surface area contributed by atoms with Crippen molar-refractivity contribution in [2.75, 3.05) is 24.5 Å². The highest BCUT2D eigenvalue weighted by molar-refractivity contribution is 6.33. The molecule has 2 aliphatic rings. The SMILES string of the molecule is C[C@H]1CNCCN1c1nc2c(C3CC3)c(Cl)cc(-c3ccccn3)c2o1. The monoisotopic (exact) mass is 368 g/mol. The van der Waals surface area contributed by atoms with E-state index in [0.29, 0.717) is 18.0 Å². The van der Waals surface area contributed by atoms with Crippen LogP contribution in [0.15, 0.2) is 34.9 Å². The van der Waals surface area contributed by atoms with Crippen LogP contribution in [0, 0.1) is 0 Å². The topological polar surface area (TPSA) is 54.2 Å². The minimum absolute atomic E-state index is 0.343. The molecule has 1 aromatic carbocycles. The Morgan fingerprint density at radius 1 is 1.31 bits per heavy atom. The van der Waals surface area contributed by atoms with Crippen molar-refractivity contribution >= 4 is 28.7 Å². The summed E-state index contributed by atoms with van der Waals surface area (Å²) in [5, 5.41) is 4.18. The van der Waals surface area contributed by atoms with Crippen LogP contribution in [0.5, 0.6) is 0 Å². The van der Waals surface area contributed by atoms with Crippen LogP contribution in [0.2, 0.25) is 5.02 Å². The molecule has 1 saturated heterocycles. The van der Waals surface area contributed by atoms with Crippen LogP contribution in [-0.4, -0.2) is 35.6 Å². The van der Waals surface area contributed by atoms with Crippen molar-refractivity contribution in [3.8, 4) is 11.3 Å². The lowest BCUT2D eigenvalue weighted by Crippen LogP contribution is -2.50. The zero-order valence-electron chi connectivity index (χ0n) is 14.7. The Morgan fingerprint density at radius 2 is 2.19 bits per heavy atom. The molecule has 0 radical (unpaired) electrons. The summed E-state index contributed by atoms with van der Waals surface area (Å²) in [6.45, 7) is 4.95. The second-order valence-corrected chi connectivity index (χ2v) is 7.64. The van der Waals surface area contributed by atoms with Gasteiger partial charge in [0.25, 0.3) is 6.01 Å². The van der Waals surface area contributed by atoms with Crippen LogP contribution < -0.4 is 10.2 Å². The molecule has 0 unspecified atom stereocenters. The molecule has 0 bridgehead atoms. The van der Waals surface area contributed by atoms with Gasteiger partial charge in [0, 0.05) is 48.0 Å². The van der Waals surface area contributed by atoms with E-state index in [-0.39, 0.29) is 0 Å². The average molecular weight is 369 g/mol. The van der Waals surface area contributed by atoms with Gasteiger partial charge in [-0.05, 0) is 43.9 Å².